The van der Waals surface area contributed by atoms with E-state index in [2.05, 4.69) is 26.2 Å². The molecule has 1 unspecified atom stereocenters. The zero-order chi connectivity index (χ0) is 16.2. The smallest absolute Gasteiger partial charge is 0.252 e. The van der Waals surface area contributed by atoms with E-state index in [1.54, 1.807) is 19.4 Å². The first-order valence-electron chi connectivity index (χ1n) is 7.07. The number of rotatable bonds is 5. The Morgan fingerprint density at radius 1 is 1.35 bits per heavy atom. The molecule has 5 nitrogen and oxygen atoms in total. The van der Waals surface area contributed by atoms with E-state index in [9.17, 15) is 4.79 Å². The second-order valence-electron chi connectivity index (χ2n) is 5.01. The van der Waals surface area contributed by atoms with Gasteiger partial charge < -0.3 is 14.5 Å². The van der Waals surface area contributed by atoms with Crippen LogP contribution < -0.4 is 5.32 Å². The molecular formula is C17H15BrN2O3. The minimum atomic E-state index is -0.355. The molecule has 2 aromatic heterocycles. The van der Waals surface area contributed by atoms with E-state index in [-0.39, 0.29) is 12.0 Å². The highest BCUT2D eigenvalue weighted by Gasteiger charge is 2.17. The van der Waals surface area contributed by atoms with E-state index in [4.69, 9.17) is 9.15 Å². The molecule has 0 aliphatic carbocycles. The van der Waals surface area contributed by atoms with Crippen molar-refractivity contribution in [2.45, 2.75) is 6.10 Å². The second-order valence-corrected chi connectivity index (χ2v) is 5.93. The summed E-state index contributed by atoms with van der Waals surface area (Å²) in [6.45, 7) is 0.307. The van der Waals surface area contributed by atoms with E-state index in [1.165, 1.54) is 6.20 Å². The highest BCUT2D eigenvalue weighted by Crippen LogP contribution is 2.25. The monoisotopic (exact) mass is 374 g/mol. The average molecular weight is 375 g/mol. The van der Waals surface area contributed by atoms with Gasteiger partial charge in [-0.3, -0.25) is 9.78 Å². The van der Waals surface area contributed by atoms with Crippen LogP contribution in [0.15, 0.2) is 57.7 Å². The fourth-order valence-corrected chi connectivity index (χ4v) is 2.65. The second kappa shape index (κ2) is 6.93. The van der Waals surface area contributed by atoms with Crippen LogP contribution in [0.1, 0.15) is 22.2 Å². The van der Waals surface area contributed by atoms with Gasteiger partial charge in [-0.1, -0.05) is 18.2 Å². The summed E-state index contributed by atoms with van der Waals surface area (Å²) in [4.78, 5) is 16.1. The summed E-state index contributed by atoms with van der Waals surface area (Å²) in [6, 6.07) is 11.4. The third-order valence-electron chi connectivity index (χ3n) is 3.46. The summed E-state index contributed by atoms with van der Waals surface area (Å²) in [5.74, 6) is 0.471. The van der Waals surface area contributed by atoms with E-state index in [1.807, 2.05) is 30.3 Å². The quantitative estimate of drug-likeness (QED) is 0.739. The van der Waals surface area contributed by atoms with Gasteiger partial charge in [0, 0.05) is 29.4 Å². The zero-order valence-electron chi connectivity index (χ0n) is 12.5. The lowest BCUT2D eigenvalue weighted by Gasteiger charge is -2.13. The van der Waals surface area contributed by atoms with Crippen molar-refractivity contribution in [3.63, 3.8) is 0 Å². The van der Waals surface area contributed by atoms with Crippen LogP contribution in [0.3, 0.4) is 0 Å². The number of halogens is 1. The van der Waals surface area contributed by atoms with Gasteiger partial charge in [0.05, 0.1) is 12.1 Å². The van der Waals surface area contributed by atoms with Crippen LogP contribution in [0.2, 0.25) is 0 Å². The van der Waals surface area contributed by atoms with Crippen LogP contribution in [-0.2, 0) is 4.74 Å². The first-order chi connectivity index (χ1) is 11.2. The van der Waals surface area contributed by atoms with Crippen molar-refractivity contribution in [3.8, 4) is 0 Å². The molecule has 1 amide bonds. The maximum absolute atomic E-state index is 12.2. The van der Waals surface area contributed by atoms with E-state index in [0.29, 0.717) is 17.9 Å². The third kappa shape index (κ3) is 3.60. The predicted molar refractivity (Wildman–Crippen MR) is 90.2 cm³/mol. The van der Waals surface area contributed by atoms with Gasteiger partial charge in [-0.15, -0.1) is 0 Å². The summed E-state index contributed by atoms with van der Waals surface area (Å²) in [7, 11) is 1.59. The number of furan rings is 1. The lowest BCUT2D eigenvalue weighted by atomic mass is 10.2. The summed E-state index contributed by atoms with van der Waals surface area (Å²) < 4.78 is 12.0. The van der Waals surface area contributed by atoms with Crippen molar-refractivity contribution in [2.75, 3.05) is 13.7 Å². The van der Waals surface area contributed by atoms with Gasteiger partial charge in [0.2, 0.25) is 0 Å². The lowest BCUT2D eigenvalue weighted by molar-refractivity contribution is 0.0747. The molecule has 0 bridgehead atoms. The molecule has 2 heterocycles. The Kier molecular flexibility index (Phi) is 4.73. The molecule has 23 heavy (non-hydrogen) atoms. The van der Waals surface area contributed by atoms with Crippen molar-refractivity contribution < 1.29 is 13.9 Å². The van der Waals surface area contributed by atoms with Crippen LogP contribution >= 0.6 is 15.9 Å². The number of aromatic nitrogens is 1. The van der Waals surface area contributed by atoms with Crippen LogP contribution in [0.25, 0.3) is 11.0 Å². The highest BCUT2D eigenvalue weighted by atomic mass is 79.9. The van der Waals surface area contributed by atoms with E-state index in [0.717, 1.165) is 15.4 Å². The van der Waals surface area contributed by atoms with Crippen molar-refractivity contribution in [1.82, 2.24) is 10.3 Å². The van der Waals surface area contributed by atoms with Crippen LogP contribution in [0, 0.1) is 0 Å². The Hall–Kier alpha value is -2.18. The standard InChI is InChI=1S/C17H15BrN2O3/c1-22-16(15-7-11-4-2-3-5-14(11)23-15)10-20-17(21)12-6-13(18)9-19-8-12/h2-9,16H,10H2,1H3,(H,20,21). The molecule has 0 spiro atoms. The average Bonchev–Trinajstić information content (AvgIpc) is 2.99. The lowest BCUT2D eigenvalue weighted by Crippen LogP contribution is -2.29. The zero-order valence-corrected chi connectivity index (χ0v) is 14.0. The molecule has 3 rings (SSSR count). The molecule has 0 aliphatic heterocycles. The molecule has 1 aromatic carbocycles. The maximum atomic E-state index is 12.2. The summed E-state index contributed by atoms with van der Waals surface area (Å²) in [5.41, 5.74) is 1.28. The SMILES string of the molecule is COC(CNC(=O)c1cncc(Br)c1)c1cc2ccccc2o1. The normalized spacial score (nSPS) is 12.3. The number of para-hydroxylation sites is 1. The van der Waals surface area contributed by atoms with Gasteiger partial charge in [0.15, 0.2) is 0 Å². The Bertz CT molecular complexity index is 798. The number of carbonyl (C=O) groups is 1. The largest absolute Gasteiger partial charge is 0.458 e. The molecule has 0 aliphatic rings. The molecule has 0 radical (unpaired) electrons. The molecular weight excluding hydrogens is 360 g/mol. The molecule has 3 aromatic rings. The fraction of sp³-hybridized carbons (Fsp3) is 0.176. The van der Waals surface area contributed by atoms with E-state index >= 15 is 0 Å². The van der Waals surface area contributed by atoms with Crippen LogP contribution in [-0.4, -0.2) is 24.5 Å². The first-order valence-corrected chi connectivity index (χ1v) is 7.86. The van der Waals surface area contributed by atoms with Gasteiger partial charge >= 0.3 is 0 Å². The minimum absolute atomic E-state index is 0.211. The van der Waals surface area contributed by atoms with Crippen LogP contribution in [0.4, 0.5) is 0 Å². The number of hydrogen-bond acceptors (Lipinski definition) is 4. The number of fused-ring (bicyclic) bond motifs is 1. The number of hydrogen-bond donors (Lipinski definition) is 1. The van der Waals surface area contributed by atoms with Gasteiger partial charge in [-0.25, -0.2) is 0 Å². The van der Waals surface area contributed by atoms with Gasteiger partial charge in [0.25, 0.3) is 5.91 Å². The number of ether oxygens (including phenoxy) is 1. The Balaban J connectivity index is 1.71. The molecule has 6 heteroatoms. The minimum Gasteiger partial charge on any atom is -0.458 e. The van der Waals surface area contributed by atoms with Gasteiger partial charge in [-0.2, -0.15) is 0 Å². The maximum Gasteiger partial charge on any atom is 0.252 e. The van der Waals surface area contributed by atoms with Crippen molar-refractivity contribution in [1.29, 1.82) is 0 Å². The Labute approximate surface area is 141 Å². The number of methoxy groups -OCH3 is 1. The van der Waals surface area contributed by atoms with Crippen molar-refractivity contribution in [2.24, 2.45) is 0 Å². The molecule has 1 N–H and O–H groups in total. The number of benzene rings is 1. The summed E-state index contributed by atoms with van der Waals surface area (Å²) in [6.07, 6.45) is 2.79. The molecule has 1 atom stereocenters. The van der Waals surface area contributed by atoms with Crippen molar-refractivity contribution in [3.05, 3.63) is 64.6 Å². The number of nitrogens with one attached hydrogen (secondary N) is 1. The first kappa shape index (κ1) is 15.7. The Morgan fingerprint density at radius 2 is 2.17 bits per heavy atom. The van der Waals surface area contributed by atoms with Crippen molar-refractivity contribution >= 4 is 32.8 Å². The predicted octanol–water partition coefficient (Wildman–Crippen LogP) is 3.71. The number of carbonyl (C=O) groups excluding carboxylic acids is 1. The third-order valence-corrected chi connectivity index (χ3v) is 3.90. The fourth-order valence-electron chi connectivity index (χ4n) is 2.28. The number of amides is 1. The van der Waals surface area contributed by atoms with Crippen LogP contribution in [0.5, 0.6) is 0 Å². The topological polar surface area (TPSA) is 64.4 Å². The molecule has 0 fully saturated rings. The van der Waals surface area contributed by atoms with Gasteiger partial charge in [0.1, 0.15) is 17.4 Å². The van der Waals surface area contributed by atoms with Gasteiger partial charge in [-0.05, 0) is 34.1 Å². The number of nitrogens with zero attached hydrogens (tertiary/aromatic N) is 1. The molecule has 0 saturated heterocycles. The molecule has 0 saturated carbocycles. The highest BCUT2D eigenvalue weighted by molar-refractivity contribution is 9.10. The summed E-state index contributed by atoms with van der Waals surface area (Å²) in [5, 5.41) is 3.84. The Morgan fingerprint density at radius 3 is 2.91 bits per heavy atom. The summed E-state index contributed by atoms with van der Waals surface area (Å²) >= 11 is 3.30. The number of pyridine rings is 1. The van der Waals surface area contributed by atoms with E-state index < -0.39 is 0 Å². The molecule has 118 valence electrons.